The lowest BCUT2D eigenvalue weighted by atomic mass is 10.3. The van der Waals surface area contributed by atoms with E-state index in [0.717, 1.165) is 15.9 Å². The largest absolute Gasteiger partial charge is 0.464 e. The van der Waals surface area contributed by atoms with E-state index in [-0.39, 0.29) is 5.97 Å². The maximum absolute atomic E-state index is 10.6. The molecule has 1 aromatic carbocycles. The Morgan fingerprint density at radius 1 is 1.47 bits per heavy atom. The molecule has 0 amide bonds. The molecular weight excluding hydrogens is 212 g/mol. The lowest BCUT2D eigenvalue weighted by molar-refractivity contribution is -0.138. The first-order valence-electron chi connectivity index (χ1n) is 4.50. The molecule has 2 rings (SSSR count). The first-order chi connectivity index (χ1) is 7.27. The maximum atomic E-state index is 10.6. The number of esters is 1. The minimum atomic E-state index is -0.262. The fourth-order valence-electron chi connectivity index (χ4n) is 1.27. The molecular formula is C11H10O3S. The Hall–Kier alpha value is -1.42. The maximum Gasteiger partial charge on any atom is 0.303 e. The number of hydrogen-bond donors (Lipinski definition) is 0. The van der Waals surface area contributed by atoms with Gasteiger partial charge in [-0.15, -0.1) is 0 Å². The summed E-state index contributed by atoms with van der Waals surface area (Å²) < 4.78 is 10.1. The van der Waals surface area contributed by atoms with Crippen LogP contribution in [0.1, 0.15) is 6.92 Å². The molecule has 0 fully saturated rings. The van der Waals surface area contributed by atoms with Crippen molar-refractivity contribution in [3.63, 3.8) is 0 Å². The molecule has 0 saturated carbocycles. The number of benzene rings is 1. The van der Waals surface area contributed by atoms with E-state index in [2.05, 4.69) is 0 Å². The molecule has 0 radical (unpaired) electrons. The molecule has 0 atom stereocenters. The first kappa shape index (κ1) is 10.1. The quantitative estimate of drug-likeness (QED) is 0.454. The van der Waals surface area contributed by atoms with Crippen molar-refractivity contribution in [1.82, 2.24) is 0 Å². The van der Waals surface area contributed by atoms with Crippen LogP contribution in [0.2, 0.25) is 0 Å². The summed E-state index contributed by atoms with van der Waals surface area (Å²) in [7, 11) is 0. The molecule has 3 nitrogen and oxygen atoms in total. The van der Waals surface area contributed by atoms with Crippen molar-refractivity contribution < 1.29 is 13.9 Å². The van der Waals surface area contributed by atoms with Crippen LogP contribution in [-0.2, 0) is 9.53 Å². The van der Waals surface area contributed by atoms with Gasteiger partial charge in [0.1, 0.15) is 11.5 Å². The number of carbonyl (C=O) groups excluding carboxylic acids is 1. The Morgan fingerprint density at radius 2 is 2.33 bits per heavy atom. The summed E-state index contributed by atoms with van der Waals surface area (Å²) in [4.78, 5) is 11.7. The molecule has 78 valence electrons. The van der Waals surface area contributed by atoms with Gasteiger partial charge in [-0.05, 0) is 18.2 Å². The third-order valence-electron chi connectivity index (χ3n) is 1.93. The number of ether oxygens (including phenoxy) is 1. The van der Waals surface area contributed by atoms with Gasteiger partial charge < -0.3 is 9.15 Å². The average Bonchev–Trinajstić information content (AvgIpc) is 2.65. The lowest BCUT2D eigenvalue weighted by Gasteiger charge is -2.02. The van der Waals surface area contributed by atoms with Gasteiger partial charge in [0.2, 0.25) is 0 Å². The van der Waals surface area contributed by atoms with Gasteiger partial charge in [0, 0.05) is 17.2 Å². The third kappa shape index (κ3) is 2.33. The molecule has 0 bridgehead atoms. The zero-order valence-corrected chi connectivity index (χ0v) is 9.04. The number of carbonyl (C=O) groups is 1. The highest BCUT2D eigenvalue weighted by atomic mass is 32.2. The molecule has 0 aliphatic rings. The number of hydrogen-bond acceptors (Lipinski definition) is 4. The molecule has 1 heterocycles. The van der Waals surface area contributed by atoms with Crippen LogP contribution >= 0.6 is 11.8 Å². The SMILES string of the molecule is CC(=O)OCSc1cccc2occc12. The van der Waals surface area contributed by atoms with E-state index < -0.39 is 0 Å². The highest BCUT2D eigenvalue weighted by Gasteiger charge is 2.03. The van der Waals surface area contributed by atoms with E-state index in [0.29, 0.717) is 5.94 Å². The summed E-state index contributed by atoms with van der Waals surface area (Å²) in [6.07, 6.45) is 1.65. The molecule has 0 N–H and O–H groups in total. The van der Waals surface area contributed by atoms with Gasteiger partial charge in [0.25, 0.3) is 0 Å². The van der Waals surface area contributed by atoms with Crippen LogP contribution in [0.4, 0.5) is 0 Å². The average molecular weight is 222 g/mol. The third-order valence-corrected chi connectivity index (χ3v) is 2.84. The van der Waals surface area contributed by atoms with E-state index in [4.69, 9.17) is 9.15 Å². The number of furan rings is 1. The van der Waals surface area contributed by atoms with E-state index in [1.807, 2.05) is 24.3 Å². The summed E-state index contributed by atoms with van der Waals surface area (Å²) in [6.45, 7) is 1.40. The highest BCUT2D eigenvalue weighted by molar-refractivity contribution is 7.99. The fourth-order valence-corrected chi connectivity index (χ4v) is 2.12. The number of rotatable bonds is 3. The number of fused-ring (bicyclic) bond motifs is 1. The Morgan fingerprint density at radius 3 is 3.13 bits per heavy atom. The van der Waals surface area contributed by atoms with Gasteiger partial charge in [-0.25, -0.2) is 0 Å². The standard InChI is InChI=1S/C11H10O3S/c1-8(12)14-7-15-11-4-2-3-10-9(11)5-6-13-10/h2-6H,7H2,1H3. The van der Waals surface area contributed by atoms with Gasteiger partial charge in [-0.1, -0.05) is 17.8 Å². The molecule has 4 heteroatoms. The van der Waals surface area contributed by atoms with Gasteiger partial charge in [0.15, 0.2) is 0 Å². The highest BCUT2D eigenvalue weighted by Crippen LogP contribution is 2.28. The first-order valence-corrected chi connectivity index (χ1v) is 5.48. The summed E-state index contributed by atoms with van der Waals surface area (Å²) in [6, 6.07) is 7.71. The van der Waals surface area contributed by atoms with E-state index in [1.165, 1.54) is 18.7 Å². The molecule has 0 unspecified atom stereocenters. The van der Waals surface area contributed by atoms with Crippen molar-refractivity contribution >= 4 is 28.7 Å². The Kier molecular flexibility index (Phi) is 2.97. The Labute approximate surface area is 91.4 Å². The van der Waals surface area contributed by atoms with Crippen LogP contribution in [0, 0.1) is 0 Å². The van der Waals surface area contributed by atoms with Crippen LogP contribution in [0.5, 0.6) is 0 Å². The monoisotopic (exact) mass is 222 g/mol. The van der Waals surface area contributed by atoms with Crippen molar-refractivity contribution in [2.75, 3.05) is 5.94 Å². The predicted molar refractivity (Wildman–Crippen MR) is 58.7 cm³/mol. The normalized spacial score (nSPS) is 10.5. The minimum Gasteiger partial charge on any atom is -0.464 e. The second-order valence-electron chi connectivity index (χ2n) is 2.99. The summed E-state index contributed by atoms with van der Waals surface area (Å²) in [5.74, 6) is 0.0708. The van der Waals surface area contributed by atoms with E-state index in [1.54, 1.807) is 6.26 Å². The predicted octanol–water partition coefficient (Wildman–Crippen LogP) is 3.05. The molecule has 0 aliphatic carbocycles. The van der Waals surface area contributed by atoms with Crippen LogP contribution < -0.4 is 0 Å². The Bertz CT molecular complexity index is 475. The van der Waals surface area contributed by atoms with E-state index in [9.17, 15) is 4.79 Å². The minimum absolute atomic E-state index is 0.262. The Balaban J connectivity index is 2.13. The lowest BCUT2D eigenvalue weighted by Crippen LogP contribution is -1.96. The van der Waals surface area contributed by atoms with Crippen LogP contribution in [0.3, 0.4) is 0 Å². The van der Waals surface area contributed by atoms with Gasteiger partial charge >= 0.3 is 5.97 Å². The van der Waals surface area contributed by atoms with Crippen molar-refractivity contribution in [2.24, 2.45) is 0 Å². The second-order valence-corrected chi connectivity index (χ2v) is 3.95. The van der Waals surface area contributed by atoms with Gasteiger partial charge in [-0.3, -0.25) is 4.79 Å². The second kappa shape index (κ2) is 4.40. The van der Waals surface area contributed by atoms with Gasteiger partial charge in [-0.2, -0.15) is 0 Å². The molecule has 0 spiro atoms. The molecule has 0 aliphatic heterocycles. The summed E-state index contributed by atoms with van der Waals surface area (Å²) in [5, 5.41) is 1.05. The van der Waals surface area contributed by atoms with Crippen molar-refractivity contribution in [2.45, 2.75) is 11.8 Å². The zero-order chi connectivity index (χ0) is 10.7. The molecule has 1 aromatic heterocycles. The molecule has 15 heavy (non-hydrogen) atoms. The summed E-state index contributed by atoms with van der Waals surface area (Å²) >= 11 is 1.48. The topological polar surface area (TPSA) is 39.4 Å². The molecule has 2 aromatic rings. The van der Waals surface area contributed by atoms with Gasteiger partial charge in [0.05, 0.1) is 6.26 Å². The smallest absolute Gasteiger partial charge is 0.303 e. The van der Waals surface area contributed by atoms with E-state index >= 15 is 0 Å². The fraction of sp³-hybridized carbons (Fsp3) is 0.182. The van der Waals surface area contributed by atoms with Crippen LogP contribution in [0.15, 0.2) is 39.8 Å². The molecule has 0 saturated heterocycles. The van der Waals surface area contributed by atoms with Crippen LogP contribution in [-0.4, -0.2) is 11.9 Å². The number of thioether (sulfide) groups is 1. The van der Waals surface area contributed by atoms with Crippen molar-refractivity contribution in [3.8, 4) is 0 Å². The summed E-state index contributed by atoms with van der Waals surface area (Å²) in [5.41, 5.74) is 0.850. The van der Waals surface area contributed by atoms with Crippen molar-refractivity contribution in [1.29, 1.82) is 0 Å². The van der Waals surface area contributed by atoms with Crippen LogP contribution in [0.25, 0.3) is 11.0 Å². The zero-order valence-electron chi connectivity index (χ0n) is 8.23. The van der Waals surface area contributed by atoms with Crippen molar-refractivity contribution in [3.05, 3.63) is 30.5 Å².